The van der Waals surface area contributed by atoms with Gasteiger partial charge in [0.25, 0.3) is 0 Å². The van der Waals surface area contributed by atoms with Gasteiger partial charge in [0, 0.05) is 11.6 Å². The summed E-state index contributed by atoms with van der Waals surface area (Å²) in [6.45, 7) is 0. The van der Waals surface area contributed by atoms with Gasteiger partial charge in [0.2, 0.25) is 5.82 Å². The van der Waals surface area contributed by atoms with Crippen LogP contribution in [-0.2, 0) is 0 Å². The van der Waals surface area contributed by atoms with Crippen LogP contribution >= 0.6 is 0 Å². The Labute approximate surface area is 83.7 Å². The molecule has 0 atom stereocenters. The minimum absolute atomic E-state index is 0.524. The first kappa shape index (κ1) is 9.32. The van der Waals surface area contributed by atoms with E-state index in [1.54, 1.807) is 0 Å². The van der Waals surface area contributed by atoms with E-state index in [1.807, 2.05) is 0 Å². The van der Waals surface area contributed by atoms with Crippen molar-refractivity contribution in [2.24, 2.45) is 0 Å². The fourth-order valence-corrected chi connectivity index (χ4v) is 1.24. The first-order chi connectivity index (χ1) is 7.18. The van der Waals surface area contributed by atoms with E-state index in [2.05, 4.69) is 9.97 Å². The van der Waals surface area contributed by atoms with Gasteiger partial charge in [-0.05, 0) is 12.1 Å². The number of hydrogen-bond acceptors (Lipinski definition) is 3. The lowest BCUT2D eigenvalue weighted by molar-refractivity contribution is -0.387. The molecule has 0 amide bonds. The molecule has 0 aliphatic rings. The van der Waals surface area contributed by atoms with Gasteiger partial charge in [-0.1, -0.05) is 0 Å². The average Bonchev–Trinajstić information content (AvgIpc) is 2.69. The van der Waals surface area contributed by atoms with Crippen molar-refractivity contribution in [3.8, 4) is 11.3 Å². The summed E-state index contributed by atoms with van der Waals surface area (Å²) in [5.41, 5.74) is 0.609. The molecule has 5 nitrogen and oxygen atoms in total. The van der Waals surface area contributed by atoms with Gasteiger partial charge >= 0.3 is 5.69 Å². The first-order valence-electron chi connectivity index (χ1n) is 4.11. The molecule has 0 radical (unpaired) electrons. The van der Waals surface area contributed by atoms with Crippen LogP contribution in [0, 0.1) is 15.9 Å². The van der Waals surface area contributed by atoms with Crippen LogP contribution in [-0.4, -0.2) is 14.9 Å². The van der Waals surface area contributed by atoms with Gasteiger partial charge in [-0.25, -0.2) is 4.98 Å². The van der Waals surface area contributed by atoms with Crippen LogP contribution in [0.3, 0.4) is 0 Å². The molecule has 0 saturated carbocycles. The molecule has 0 aliphatic carbocycles. The molecular weight excluding hydrogens is 201 g/mol. The van der Waals surface area contributed by atoms with E-state index in [0.717, 1.165) is 12.1 Å². The van der Waals surface area contributed by atoms with Gasteiger partial charge in [-0.2, -0.15) is 4.39 Å². The minimum atomic E-state index is -0.855. The average molecular weight is 207 g/mol. The number of nitro groups is 1. The molecule has 1 heterocycles. The molecule has 15 heavy (non-hydrogen) atoms. The zero-order valence-electron chi connectivity index (χ0n) is 7.48. The van der Waals surface area contributed by atoms with Gasteiger partial charge in [-0.3, -0.25) is 10.1 Å². The molecule has 6 heteroatoms. The molecule has 1 N–H and O–H groups in total. The predicted molar refractivity (Wildman–Crippen MR) is 50.6 cm³/mol. The Kier molecular flexibility index (Phi) is 2.17. The molecule has 0 spiro atoms. The number of aromatic amines is 1. The summed E-state index contributed by atoms with van der Waals surface area (Å²) in [7, 11) is 0. The van der Waals surface area contributed by atoms with Crippen LogP contribution in [0.1, 0.15) is 0 Å². The third-order valence-corrected chi connectivity index (χ3v) is 1.95. The molecule has 76 valence electrons. The maximum Gasteiger partial charge on any atom is 0.304 e. The lowest BCUT2D eigenvalue weighted by Crippen LogP contribution is -1.92. The van der Waals surface area contributed by atoms with E-state index < -0.39 is 16.4 Å². The Balaban J connectivity index is 2.47. The molecule has 0 aliphatic heterocycles. The minimum Gasteiger partial charge on any atom is -0.345 e. The van der Waals surface area contributed by atoms with Crippen molar-refractivity contribution in [3.05, 3.63) is 46.7 Å². The summed E-state index contributed by atoms with van der Waals surface area (Å²) >= 11 is 0. The standard InChI is InChI=1S/C9H6FN3O2/c10-7-3-6(8-4-11-5-12-8)1-2-9(7)13(14)15/h1-5H,(H,11,12). The van der Waals surface area contributed by atoms with Crippen molar-refractivity contribution in [2.75, 3.05) is 0 Å². The second-order valence-corrected chi connectivity index (χ2v) is 2.89. The highest BCUT2D eigenvalue weighted by Crippen LogP contribution is 2.23. The molecule has 2 rings (SSSR count). The van der Waals surface area contributed by atoms with E-state index in [4.69, 9.17) is 0 Å². The van der Waals surface area contributed by atoms with E-state index in [1.165, 1.54) is 18.6 Å². The van der Waals surface area contributed by atoms with Crippen molar-refractivity contribution >= 4 is 5.69 Å². The van der Waals surface area contributed by atoms with E-state index in [0.29, 0.717) is 11.3 Å². The normalized spacial score (nSPS) is 10.2. The smallest absolute Gasteiger partial charge is 0.304 e. The van der Waals surface area contributed by atoms with Gasteiger partial charge in [0.15, 0.2) is 0 Å². The van der Waals surface area contributed by atoms with Crippen molar-refractivity contribution in [1.29, 1.82) is 0 Å². The second kappa shape index (κ2) is 3.49. The van der Waals surface area contributed by atoms with Crippen LogP contribution in [0.25, 0.3) is 11.3 Å². The first-order valence-corrected chi connectivity index (χ1v) is 4.11. The highest BCUT2D eigenvalue weighted by molar-refractivity contribution is 5.60. The lowest BCUT2D eigenvalue weighted by Gasteiger charge is -1.98. The third-order valence-electron chi connectivity index (χ3n) is 1.95. The number of nitro benzene ring substituents is 1. The summed E-state index contributed by atoms with van der Waals surface area (Å²) in [6.07, 6.45) is 2.97. The van der Waals surface area contributed by atoms with Crippen LogP contribution in [0.15, 0.2) is 30.7 Å². The Morgan fingerprint density at radius 3 is 2.80 bits per heavy atom. The summed E-state index contributed by atoms with van der Waals surface area (Å²) in [5, 5.41) is 10.4. The SMILES string of the molecule is O=[N+]([O-])c1ccc(-c2cnc[nH]2)cc1F. The number of rotatable bonds is 2. The highest BCUT2D eigenvalue weighted by Gasteiger charge is 2.14. The fourth-order valence-electron chi connectivity index (χ4n) is 1.24. The molecule has 0 bridgehead atoms. The molecule has 1 aromatic heterocycles. The molecule has 1 aromatic carbocycles. The van der Waals surface area contributed by atoms with E-state index in [-0.39, 0.29) is 0 Å². The molecule has 2 aromatic rings. The lowest BCUT2D eigenvalue weighted by atomic mass is 10.1. The van der Waals surface area contributed by atoms with Crippen molar-refractivity contribution in [2.45, 2.75) is 0 Å². The number of hydrogen-bond donors (Lipinski definition) is 1. The van der Waals surface area contributed by atoms with Crippen molar-refractivity contribution in [3.63, 3.8) is 0 Å². The summed E-state index contributed by atoms with van der Waals surface area (Å²) in [6, 6.07) is 3.70. The number of nitrogens with zero attached hydrogens (tertiary/aromatic N) is 2. The van der Waals surface area contributed by atoms with Crippen LogP contribution in [0.4, 0.5) is 10.1 Å². The van der Waals surface area contributed by atoms with Crippen LogP contribution in [0.2, 0.25) is 0 Å². The zero-order chi connectivity index (χ0) is 10.8. The highest BCUT2D eigenvalue weighted by atomic mass is 19.1. The molecule has 0 saturated heterocycles. The maximum absolute atomic E-state index is 13.2. The maximum atomic E-state index is 13.2. The Morgan fingerprint density at radius 1 is 1.47 bits per heavy atom. The van der Waals surface area contributed by atoms with Crippen LogP contribution < -0.4 is 0 Å². The Hall–Kier alpha value is -2.24. The topological polar surface area (TPSA) is 71.8 Å². The van der Waals surface area contributed by atoms with E-state index >= 15 is 0 Å². The van der Waals surface area contributed by atoms with Crippen molar-refractivity contribution in [1.82, 2.24) is 9.97 Å². The predicted octanol–water partition coefficient (Wildman–Crippen LogP) is 2.12. The molecule has 0 unspecified atom stereocenters. The number of benzene rings is 1. The fraction of sp³-hybridized carbons (Fsp3) is 0. The largest absolute Gasteiger partial charge is 0.345 e. The summed E-state index contributed by atoms with van der Waals surface area (Å²) in [5.74, 6) is -0.855. The number of nitrogens with one attached hydrogen (secondary N) is 1. The molecular formula is C9H6FN3O2. The number of halogens is 1. The van der Waals surface area contributed by atoms with Gasteiger partial charge < -0.3 is 4.98 Å². The number of aromatic nitrogens is 2. The molecule has 0 fully saturated rings. The number of H-pyrrole nitrogens is 1. The van der Waals surface area contributed by atoms with Crippen LogP contribution in [0.5, 0.6) is 0 Å². The van der Waals surface area contributed by atoms with Gasteiger partial charge in [0.05, 0.1) is 23.1 Å². The summed E-state index contributed by atoms with van der Waals surface area (Å²) in [4.78, 5) is 16.2. The Bertz CT molecular complexity index is 496. The quantitative estimate of drug-likeness (QED) is 0.605. The number of imidazole rings is 1. The van der Waals surface area contributed by atoms with Gasteiger partial charge in [-0.15, -0.1) is 0 Å². The monoisotopic (exact) mass is 207 g/mol. The second-order valence-electron chi connectivity index (χ2n) is 2.89. The van der Waals surface area contributed by atoms with Crippen molar-refractivity contribution < 1.29 is 9.31 Å². The zero-order valence-corrected chi connectivity index (χ0v) is 7.48. The van der Waals surface area contributed by atoms with E-state index in [9.17, 15) is 14.5 Å². The summed E-state index contributed by atoms with van der Waals surface area (Å²) < 4.78 is 13.2. The van der Waals surface area contributed by atoms with Gasteiger partial charge in [0.1, 0.15) is 0 Å². The Morgan fingerprint density at radius 2 is 2.27 bits per heavy atom. The third kappa shape index (κ3) is 1.69.